The molecule has 0 spiro atoms. The summed E-state index contributed by atoms with van der Waals surface area (Å²) >= 11 is 1.11. The van der Waals surface area contributed by atoms with E-state index in [2.05, 4.69) is 5.32 Å². The van der Waals surface area contributed by atoms with Crippen LogP contribution in [0.25, 0.3) is 0 Å². The molecule has 0 saturated carbocycles. The Balaban J connectivity index is 2.69. The molecule has 0 saturated heterocycles. The SMILES string of the molecule is CCCNC(=O)CSc1c(F)cccc1C(C)O. The van der Waals surface area contributed by atoms with Gasteiger partial charge in [0.25, 0.3) is 0 Å². The van der Waals surface area contributed by atoms with Crippen molar-refractivity contribution in [2.45, 2.75) is 31.3 Å². The second-order valence-electron chi connectivity index (χ2n) is 3.97. The van der Waals surface area contributed by atoms with Crippen LogP contribution in [0.3, 0.4) is 0 Å². The molecule has 1 rings (SSSR count). The Morgan fingerprint density at radius 3 is 2.89 bits per heavy atom. The van der Waals surface area contributed by atoms with Gasteiger partial charge in [0.15, 0.2) is 0 Å². The summed E-state index contributed by atoms with van der Waals surface area (Å²) in [5.74, 6) is -0.371. The van der Waals surface area contributed by atoms with Gasteiger partial charge in [-0.15, -0.1) is 11.8 Å². The third-order valence-electron chi connectivity index (χ3n) is 2.37. The number of aliphatic hydroxyl groups excluding tert-OH is 1. The number of nitrogens with one attached hydrogen (secondary N) is 1. The Kier molecular flexibility index (Phi) is 6.15. The standard InChI is InChI=1S/C13H18FNO2S/c1-3-7-15-12(17)8-18-13-10(9(2)16)5-4-6-11(13)14/h4-6,9,16H,3,7-8H2,1-2H3,(H,15,17). The van der Waals surface area contributed by atoms with Crippen molar-refractivity contribution >= 4 is 17.7 Å². The van der Waals surface area contributed by atoms with Crippen molar-refractivity contribution in [2.75, 3.05) is 12.3 Å². The topological polar surface area (TPSA) is 49.3 Å². The predicted octanol–water partition coefficient (Wildman–Crippen LogP) is 2.50. The zero-order chi connectivity index (χ0) is 13.5. The van der Waals surface area contributed by atoms with Gasteiger partial charge in [0, 0.05) is 11.4 Å². The second-order valence-corrected chi connectivity index (χ2v) is 4.96. The van der Waals surface area contributed by atoms with E-state index in [1.165, 1.54) is 6.07 Å². The number of carbonyl (C=O) groups is 1. The van der Waals surface area contributed by atoms with Gasteiger partial charge in [0.2, 0.25) is 5.91 Å². The Bertz CT molecular complexity index is 410. The first-order chi connectivity index (χ1) is 8.56. The van der Waals surface area contributed by atoms with Crippen molar-refractivity contribution in [3.8, 4) is 0 Å². The van der Waals surface area contributed by atoms with Gasteiger partial charge in [0.05, 0.1) is 11.9 Å². The number of rotatable bonds is 6. The molecule has 0 aliphatic heterocycles. The van der Waals surface area contributed by atoms with Gasteiger partial charge in [-0.25, -0.2) is 4.39 Å². The minimum atomic E-state index is -0.748. The van der Waals surface area contributed by atoms with Crippen LogP contribution in [0.1, 0.15) is 31.9 Å². The van der Waals surface area contributed by atoms with Crippen LogP contribution >= 0.6 is 11.8 Å². The molecule has 0 bridgehead atoms. The molecule has 1 aromatic rings. The molecule has 0 heterocycles. The fourth-order valence-corrected chi connectivity index (χ4v) is 2.45. The average Bonchev–Trinajstić information content (AvgIpc) is 2.34. The van der Waals surface area contributed by atoms with Crippen LogP contribution in [-0.4, -0.2) is 23.3 Å². The summed E-state index contributed by atoms with van der Waals surface area (Å²) in [6, 6.07) is 4.55. The van der Waals surface area contributed by atoms with E-state index < -0.39 is 11.9 Å². The van der Waals surface area contributed by atoms with Gasteiger partial charge in [-0.05, 0) is 25.0 Å². The summed E-state index contributed by atoms with van der Waals surface area (Å²) in [5, 5.41) is 12.3. The number of amides is 1. The van der Waals surface area contributed by atoms with Crippen LogP contribution in [0.2, 0.25) is 0 Å². The summed E-state index contributed by atoms with van der Waals surface area (Å²) in [6.45, 7) is 4.17. The smallest absolute Gasteiger partial charge is 0.230 e. The third kappa shape index (κ3) is 4.31. The summed E-state index contributed by atoms with van der Waals surface area (Å²) in [5.41, 5.74) is 0.517. The van der Waals surface area contributed by atoms with Gasteiger partial charge in [-0.3, -0.25) is 4.79 Å². The largest absolute Gasteiger partial charge is 0.389 e. The molecule has 18 heavy (non-hydrogen) atoms. The molecule has 1 aromatic carbocycles. The van der Waals surface area contributed by atoms with Crippen molar-refractivity contribution < 1.29 is 14.3 Å². The predicted molar refractivity (Wildman–Crippen MR) is 71.1 cm³/mol. The van der Waals surface area contributed by atoms with Crippen LogP contribution < -0.4 is 5.32 Å². The number of hydrogen-bond donors (Lipinski definition) is 2. The average molecular weight is 271 g/mol. The van der Waals surface area contributed by atoms with Crippen molar-refractivity contribution in [3.63, 3.8) is 0 Å². The van der Waals surface area contributed by atoms with Crippen molar-refractivity contribution in [3.05, 3.63) is 29.6 Å². The number of halogens is 1. The summed E-state index contributed by atoms with van der Waals surface area (Å²) < 4.78 is 13.6. The Morgan fingerprint density at radius 1 is 1.56 bits per heavy atom. The molecule has 0 aliphatic carbocycles. The fraction of sp³-hybridized carbons (Fsp3) is 0.462. The molecule has 5 heteroatoms. The van der Waals surface area contributed by atoms with Crippen LogP contribution in [0.4, 0.5) is 4.39 Å². The Labute approximate surface area is 111 Å². The third-order valence-corrected chi connectivity index (χ3v) is 3.49. The molecule has 3 nitrogen and oxygen atoms in total. The first kappa shape index (κ1) is 15.0. The normalized spacial score (nSPS) is 12.2. The molecular weight excluding hydrogens is 253 g/mol. The highest BCUT2D eigenvalue weighted by molar-refractivity contribution is 8.00. The van der Waals surface area contributed by atoms with E-state index in [9.17, 15) is 14.3 Å². The molecule has 0 fully saturated rings. The molecule has 0 radical (unpaired) electrons. The lowest BCUT2D eigenvalue weighted by molar-refractivity contribution is -0.118. The van der Waals surface area contributed by atoms with Crippen LogP contribution in [0.15, 0.2) is 23.1 Å². The van der Waals surface area contributed by atoms with Gasteiger partial charge < -0.3 is 10.4 Å². The molecule has 2 N–H and O–H groups in total. The van der Waals surface area contributed by atoms with E-state index in [1.54, 1.807) is 19.1 Å². The number of hydrogen-bond acceptors (Lipinski definition) is 3. The van der Waals surface area contributed by atoms with Gasteiger partial charge in [-0.2, -0.15) is 0 Å². The van der Waals surface area contributed by atoms with E-state index in [0.29, 0.717) is 17.0 Å². The summed E-state index contributed by atoms with van der Waals surface area (Å²) in [4.78, 5) is 11.8. The lowest BCUT2D eigenvalue weighted by Gasteiger charge is -2.12. The number of aliphatic hydroxyl groups is 1. The molecule has 1 amide bonds. The molecular formula is C13H18FNO2S. The van der Waals surface area contributed by atoms with E-state index in [4.69, 9.17) is 0 Å². The summed E-state index contributed by atoms with van der Waals surface area (Å²) in [6.07, 6.45) is 0.122. The first-order valence-electron chi connectivity index (χ1n) is 5.92. The number of thioether (sulfide) groups is 1. The monoisotopic (exact) mass is 271 g/mol. The second kappa shape index (κ2) is 7.38. The lowest BCUT2D eigenvalue weighted by atomic mass is 10.1. The van der Waals surface area contributed by atoms with Crippen LogP contribution in [-0.2, 0) is 4.79 Å². The van der Waals surface area contributed by atoms with Gasteiger partial charge in [-0.1, -0.05) is 19.1 Å². The highest BCUT2D eigenvalue weighted by Gasteiger charge is 2.14. The van der Waals surface area contributed by atoms with Gasteiger partial charge >= 0.3 is 0 Å². The minimum Gasteiger partial charge on any atom is -0.389 e. The minimum absolute atomic E-state index is 0.123. The highest BCUT2D eigenvalue weighted by Crippen LogP contribution is 2.29. The molecule has 0 aliphatic rings. The van der Waals surface area contributed by atoms with E-state index in [-0.39, 0.29) is 11.7 Å². The Morgan fingerprint density at radius 2 is 2.28 bits per heavy atom. The van der Waals surface area contributed by atoms with E-state index in [1.807, 2.05) is 6.92 Å². The van der Waals surface area contributed by atoms with Crippen LogP contribution in [0, 0.1) is 5.82 Å². The molecule has 100 valence electrons. The summed E-state index contributed by atoms with van der Waals surface area (Å²) in [7, 11) is 0. The number of benzene rings is 1. The maximum atomic E-state index is 13.6. The fourth-order valence-electron chi connectivity index (χ4n) is 1.46. The van der Waals surface area contributed by atoms with E-state index in [0.717, 1.165) is 18.2 Å². The molecule has 1 atom stereocenters. The van der Waals surface area contributed by atoms with Crippen molar-refractivity contribution in [1.82, 2.24) is 5.32 Å². The van der Waals surface area contributed by atoms with Gasteiger partial charge in [0.1, 0.15) is 5.82 Å². The first-order valence-corrected chi connectivity index (χ1v) is 6.90. The zero-order valence-electron chi connectivity index (χ0n) is 10.6. The quantitative estimate of drug-likeness (QED) is 0.782. The Hall–Kier alpha value is -1.07. The van der Waals surface area contributed by atoms with E-state index >= 15 is 0 Å². The van der Waals surface area contributed by atoms with Crippen molar-refractivity contribution in [2.24, 2.45) is 0 Å². The molecule has 1 unspecified atom stereocenters. The van der Waals surface area contributed by atoms with Crippen molar-refractivity contribution in [1.29, 1.82) is 0 Å². The lowest BCUT2D eigenvalue weighted by Crippen LogP contribution is -2.25. The highest BCUT2D eigenvalue weighted by atomic mass is 32.2. The zero-order valence-corrected chi connectivity index (χ0v) is 11.4. The maximum absolute atomic E-state index is 13.6. The maximum Gasteiger partial charge on any atom is 0.230 e. The molecule has 0 aromatic heterocycles. The van der Waals surface area contributed by atoms with Crippen LogP contribution in [0.5, 0.6) is 0 Å². The number of carbonyl (C=O) groups excluding carboxylic acids is 1.